The van der Waals surface area contributed by atoms with Crippen LogP contribution in [0.4, 0.5) is 0 Å². The van der Waals surface area contributed by atoms with Gasteiger partial charge in [-0.05, 0) is 31.3 Å². The molecule has 33 heavy (non-hydrogen) atoms. The minimum Gasteiger partial charge on any atom is -0.394 e. The van der Waals surface area contributed by atoms with Gasteiger partial charge in [-0.1, -0.05) is 17.9 Å². The third-order valence-corrected chi connectivity index (χ3v) is 5.17. The van der Waals surface area contributed by atoms with Crippen molar-refractivity contribution < 1.29 is 54.7 Å². The Kier molecular flexibility index (Phi) is 11.7. The zero-order chi connectivity index (χ0) is 24.4. The van der Waals surface area contributed by atoms with Gasteiger partial charge in [0.15, 0.2) is 12.6 Å². The van der Waals surface area contributed by atoms with Gasteiger partial charge < -0.3 is 54.7 Å². The summed E-state index contributed by atoms with van der Waals surface area (Å²) in [7, 11) is 0. The highest BCUT2D eigenvalue weighted by molar-refractivity contribution is 5.30. The molecule has 0 radical (unpaired) electrons. The van der Waals surface area contributed by atoms with Crippen molar-refractivity contribution in [2.75, 3.05) is 19.8 Å². The summed E-state index contributed by atoms with van der Waals surface area (Å²) in [5.41, 5.74) is 0. The molecule has 11 nitrogen and oxygen atoms in total. The lowest BCUT2D eigenvalue weighted by atomic mass is 9.97. The maximum absolute atomic E-state index is 10.5. The van der Waals surface area contributed by atoms with E-state index < -0.39 is 74.6 Å². The molecule has 2 rings (SSSR count). The molecule has 0 aromatic carbocycles. The number of ether oxygens (including phenoxy) is 4. The van der Waals surface area contributed by atoms with Gasteiger partial charge in [0.05, 0.1) is 19.8 Å². The van der Waals surface area contributed by atoms with Crippen LogP contribution in [0.25, 0.3) is 0 Å². The predicted molar refractivity (Wildman–Crippen MR) is 112 cm³/mol. The van der Waals surface area contributed by atoms with Crippen molar-refractivity contribution in [1.82, 2.24) is 0 Å². The standard InChI is InChI=1S/C22H32O11/c1-2-3-4-5-6-7-8-9-10-30-22-20(18(28)16(26)14(12-24)32-22)33-21-19(29)17(27)15(25)13(11-23)31-21/h2-3,13-29H,8-12H2,1H3/b3-2+/t13-,14-,15-,16-,17+,18+,19-,20-,21+,22-/m1/s1. The first-order valence-corrected chi connectivity index (χ1v) is 10.6. The lowest BCUT2D eigenvalue weighted by Gasteiger charge is -2.45. The van der Waals surface area contributed by atoms with Gasteiger partial charge in [-0.15, -0.1) is 0 Å². The van der Waals surface area contributed by atoms with E-state index in [0.29, 0.717) is 12.8 Å². The van der Waals surface area contributed by atoms with E-state index in [0.717, 1.165) is 0 Å². The molecule has 2 aliphatic heterocycles. The number of unbranched alkanes of at least 4 members (excludes halogenated alkanes) is 1. The summed E-state index contributed by atoms with van der Waals surface area (Å²) < 4.78 is 22.0. The highest BCUT2D eigenvalue weighted by Gasteiger charge is 2.50. The Hall–Kier alpha value is -1.58. The summed E-state index contributed by atoms with van der Waals surface area (Å²) in [4.78, 5) is 0. The van der Waals surface area contributed by atoms with E-state index in [4.69, 9.17) is 18.9 Å². The molecule has 7 N–H and O–H groups in total. The number of aliphatic hydroxyl groups excluding tert-OH is 7. The van der Waals surface area contributed by atoms with Gasteiger partial charge in [0.2, 0.25) is 0 Å². The van der Waals surface area contributed by atoms with E-state index in [-0.39, 0.29) is 6.61 Å². The molecule has 0 saturated carbocycles. The summed E-state index contributed by atoms with van der Waals surface area (Å²) in [5, 5.41) is 69.5. The molecule has 0 aliphatic carbocycles. The van der Waals surface area contributed by atoms with Crippen molar-refractivity contribution in [3.63, 3.8) is 0 Å². The van der Waals surface area contributed by atoms with E-state index in [1.54, 1.807) is 12.2 Å². The maximum Gasteiger partial charge on any atom is 0.187 e. The Bertz CT molecular complexity index is 734. The zero-order valence-corrected chi connectivity index (χ0v) is 18.2. The smallest absolute Gasteiger partial charge is 0.187 e. The molecule has 2 aliphatic rings. The van der Waals surface area contributed by atoms with Crippen LogP contribution in [0.3, 0.4) is 0 Å². The van der Waals surface area contributed by atoms with Crippen LogP contribution in [0.15, 0.2) is 12.2 Å². The number of hydrogen-bond donors (Lipinski definition) is 7. The van der Waals surface area contributed by atoms with Crippen LogP contribution in [0.2, 0.25) is 0 Å². The molecule has 2 fully saturated rings. The summed E-state index contributed by atoms with van der Waals surface area (Å²) in [6, 6.07) is 0. The molecule has 2 heterocycles. The van der Waals surface area contributed by atoms with Gasteiger partial charge in [0, 0.05) is 6.42 Å². The second-order valence-corrected chi connectivity index (χ2v) is 7.55. The van der Waals surface area contributed by atoms with Crippen LogP contribution in [-0.4, -0.2) is 117 Å². The molecule has 0 aromatic heterocycles. The Morgan fingerprint density at radius 3 is 2.09 bits per heavy atom. The second kappa shape index (κ2) is 14.0. The first-order chi connectivity index (χ1) is 15.8. The van der Waals surface area contributed by atoms with E-state index in [2.05, 4.69) is 23.7 Å². The fourth-order valence-corrected chi connectivity index (χ4v) is 3.30. The molecule has 0 spiro atoms. The van der Waals surface area contributed by atoms with Crippen LogP contribution in [0, 0.1) is 23.7 Å². The van der Waals surface area contributed by atoms with E-state index in [1.165, 1.54) is 0 Å². The molecule has 10 atom stereocenters. The maximum atomic E-state index is 10.5. The first kappa shape index (κ1) is 27.7. The Morgan fingerprint density at radius 1 is 0.818 bits per heavy atom. The second-order valence-electron chi connectivity index (χ2n) is 7.55. The van der Waals surface area contributed by atoms with Crippen LogP contribution in [-0.2, 0) is 18.9 Å². The normalized spacial score (nSPS) is 38.9. The van der Waals surface area contributed by atoms with Crippen molar-refractivity contribution in [1.29, 1.82) is 0 Å². The third-order valence-electron chi connectivity index (χ3n) is 5.17. The van der Waals surface area contributed by atoms with Gasteiger partial charge >= 0.3 is 0 Å². The first-order valence-electron chi connectivity index (χ1n) is 10.6. The highest BCUT2D eigenvalue weighted by atomic mass is 16.8. The number of aliphatic hydroxyl groups is 7. The Balaban J connectivity index is 2.02. The number of rotatable bonds is 8. The van der Waals surface area contributed by atoms with Gasteiger partial charge in [0.1, 0.15) is 48.8 Å². The quantitative estimate of drug-likeness (QED) is 0.141. The Labute approximate surface area is 192 Å². The third kappa shape index (κ3) is 7.45. The van der Waals surface area contributed by atoms with Gasteiger partial charge in [-0.25, -0.2) is 0 Å². The van der Waals surface area contributed by atoms with Gasteiger partial charge in [-0.2, -0.15) is 0 Å². The molecule has 0 amide bonds. The fraction of sp³-hybridized carbons (Fsp3) is 0.727. The van der Waals surface area contributed by atoms with Crippen molar-refractivity contribution in [2.45, 2.75) is 81.2 Å². The lowest BCUT2D eigenvalue weighted by molar-refractivity contribution is -0.367. The van der Waals surface area contributed by atoms with E-state index >= 15 is 0 Å². The molecule has 186 valence electrons. The lowest BCUT2D eigenvalue weighted by Crippen LogP contribution is -2.64. The molecule has 2 saturated heterocycles. The largest absolute Gasteiger partial charge is 0.394 e. The van der Waals surface area contributed by atoms with Crippen molar-refractivity contribution >= 4 is 0 Å². The van der Waals surface area contributed by atoms with Crippen LogP contribution >= 0.6 is 0 Å². The molecule has 0 aromatic rings. The van der Waals surface area contributed by atoms with E-state index in [9.17, 15) is 35.7 Å². The minimum atomic E-state index is -1.72. The van der Waals surface area contributed by atoms with Gasteiger partial charge in [-0.3, -0.25) is 0 Å². The molecule has 0 unspecified atom stereocenters. The number of allylic oxidation sites excluding steroid dienone is 2. The summed E-state index contributed by atoms with van der Waals surface area (Å²) in [6.45, 7) is 0.709. The summed E-state index contributed by atoms with van der Waals surface area (Å²) in [5.74, 6) is 10.9. The fourth-order valence-electron chi connectivity index (χ4n) is 3.30. The summed E-state index contributed by atoms with van der Waals surface area (Å²) in [6.07, 6.45) is -10.3. The van der Waals surface area contributed by atoms with Crippen LogP contribution < -0.4 is 0 Å². The van der Waals surface area contributed by atoms with E-state index in [1.807, 2.05) is 6.92 Å². The van der Waals surface area contributed by atoms with Crippen molar-refractivity contribution in [3.8, 4) is 23.7 Å². The average molecular weight is 472 g/mol. The molecular formula is C22H32O11. The predicted octanol–water partition coefficient (Wildman–Crippen LogP) is -3.01. The highest BCUT2D eigenvalue weighted by Crippen LogP contribution is 2.29. The SMILES string of the molecule is C/C=C/C#CC#CCCCO[C@@H]1O[C@H](CO)[C@@H](O)[C@H](O)[C@H]1O[C@@H]1O[C@H](CO)[C@@H](O)[C@H](O)[C@H]1O. The number of hydrogen-bond acceptors (Lipinski definition) is 11. The molecule has 11 heteroatoms. The van der Waals surface area contributed by atoms with Crippen LogP contribution in [0.1, 0.15) is 19.8 Å². The Morgan fingerprint density at radius 2 is 1.45 bits per heavy atom. The zero-order valence-electron chi connectivity index (χ0n) is 18.2. The van der Waals surface area contributed by atoms with Crippen molar-refractivity contribution in [3.05, 3.63) is 12.2 Å². The molecule has 0 bridgehead atoms. The minimum absolute atomic E-state index is 0.122. The van der Waals surface area contributed by atoms with Gasteiger partial charge in [0.25, 0.3) is 0 Å². The molecular weight excluding hydrogens is 440 g/mol. The topological polar surface area (TPSA) is 179 Å². The van der Waals surface area contributed by atoms with Crippen molar-refractivity contribution in [2.24, 2.45) is 0 Å². The monoisotopic (exact) mass is 472 g/mol. The average Bonchev–Trinajstić information content (AvgIpc) is 2.82. The summed E-state index contributed by atoms with van der Waals surface area (Å²) >= 11 is 0. The van der Waals surface area contributed by atoms with Crippen LogP contribution in [0.5, 0.6) is 0 Å².